The number of hydrogen-bond donors (Lipinski definition) is 1. The summed E-state index contributed by atoms with van der Waals surface area (Å²) in [5.41, 5.74) is 1.78. The zero-order valence-electron chi connectivity index (χ0n) is 16.9. The van der Waals surface area contributed by atoms with Crippen molar-refractivity contribution in [3.63, 3.8) is 0 Å². The summed E-state index contributed by atoms with van der Waals surface area (Å²) in [7, 11) is 0.625. The molecule has 148 valence electrons. The van der Waals surface area contributed by atoms with Crippen LogP contribution in [0.15, 0.2) is 24.3 Å². The van der Waals surface area contributed by atoms with Gasteiger partial charge < -0.3 is 10.2 Å². The van der Waals surface area contributed by atoms with Crippen LogP contribution in [0.25, 0.3) is 0 Å². The second-order valence-corrected chi connectivity index (χ2v) is 9.88. The Hall–Kier alpha value is -1.44. The zero-order chi connectivity index (χ0) is 20.0. The average Bonchev–Trinajstić information content (AvgIpc) is 2.51. The second kappa shape index (κ2) is 9.48. The van der Waals surface area contributed by atoms with Crippen LogP contribution in [0.1, 0.15) is 43.1 Å². The van der Waals surface area contributed by atoms with Crippen molar-refractivity contribution in [3.05, 3.63) is 35.4 Å². The number of nitrogens with zero attached hydrogens (tertiary/aromatic N) is 2. The van der Waals surface area contributed by atoms with Crippen LogP contribution in [0.4, 0.5) is 0 Å². The molecule has 0 unspecified atom stereocenters. The maximum Gasteiger partial charge on any atom is 0.251 e. The Bertz CT molecular complexity index is 677. The van der Waals surface area contributed by atoms with E-state index < -0.39 is 10.0 Å². The third-order valence-corrected chi connectivity index (χ3v) is 5.44. The third kappa shape index (κ3) is 7.85. The van der Waals surface area contributed by atoms with Crippen LogP contribution in [0.2, 0.25) is 0 Å². The molecule has 6 nitrogen and oxygen atoms in total. The van der Waals surface area contributed by atoms with Gasteiger partial charge in [-0.1, -0.05) is 32.9 Å². The molecule has 1 N–H and O–H groups in total. The zero-order valence-corrected chi connectivity index (χ0v) is 17.7. The number of carbonyl (C=O) groups is 1. The van der Waals surface area contributed by atoms with Crippen molar-refractivity contribution in [3.8, 4) is 0 Å². The monoisotopic (exact) mass is 383 g/mol. The Morgan fingerprint density at radius 3 is 2.08 bits per heavy atom. The van der Waals surface area contributed by atoms with Crippen molar-refractivity contribution >= 4 is 15.9 Å². The highest BCUT2D eigenvalue weighted by Gasteiger charge is 2.17. The summed E-state index contributed by atoms with van der Waals surface area (Å²) in [6.07, 6.45) is 1.96. The predicted molar refractivity (Wildman–Crippen MR) is 107 cm³/mol. The van der Waals surface area contributed by atoms with Crippen molar-refractivity contribution in [1.29, 1.82) is 0 Å². The lowest BCUT2D eigenvalue weighted by Crippen LogP contribution is -2.39. The molecular formula is C19H33N3O3S. The Morgan fingerprint density at radius 1 is 1.04 bits per heavy atom. The number of benzene rings is 1. The van der Waals surface area contributed by atoms with Crippen LogP contribution in [-0.2, 0) is 15.4 Å². The van der Waals surface area contributed by atoms with Gasteiger partial charge in [0.15, 0.2) is 0 Å². The van der Waals surface area contributed by atoms with Crippen LogP contribution in [0.5, 0.6) is 0 Å². The number of hydrogen-bond acceptors (Lipinski definition) is 4. The van der Waals surface area contributed by atoms with Gasteiger partial charge >= 0.3 is 0 Å². The van der Waals surface area contributed by atoms with Gasteiger partial charge in [-0.25, -0.2) is 12.7 Å². The van der Waals surface area contributed by atoms with Gasteiger partial charge in [-0.3, -0.25) is 4.79 Å². The molecular weight excluding hydrogens is 350 g/mol. The van der Waals surface area contributed by atoms with E-state index in [4.69, 9.17) is 0 Å². The highest BCUT2D eigenvalue weighted by molar-refractivity contribution is 7.88. The van der Waals surface area contributed by atoms with E-state index in [-0.39, 0.29) is 24.4 Å². The second-order valence-electron chi connectivity index (χ2n) is 7.90. The quantitative estimate of drug-likeness (QED) is 0.707. The van der Waals surface area contributed by atoms with Crippen LogP contribution in [0, 0.1) is 0 Å². The molecule has 0 aromatic heterocycles. The molecule has 0 spiro atoms. The lowest BCUT2D eigenvalue weighted by atomic mass is 9.87. The van der Waals surface area contributed by atoms with E-state index in [1.54, 1.807) is 12.1 Å². The maximum absolute atomic E-state index is 12.3. The smallest absolute Gasteiger partial charge is 0.251 e. The maximum atomic E-state index is 12.3. The Kier molecular flexibility index (Phi) is 8.24. The van der Waals surface area contributed by atoms with Crippen LogP contribution >= 0.6 is 0 Å². The van der Waals surface area contributed by atoms with E-state index in [9.17, 15) is 13.2 Å². The largest absolute Gasteiger partial charge is 0.351 e. The van der Waals surface area contributed by atoms with Crippen molar-refractivity contribution in [1.82, 2.24) is 14.5 Å². The van der Waals surface area contributed by atoms with E-state index in [1.165, 1.54) is 10.6 Å². The fourth-order valence-electron chi connectivity index (χ4n) is 2.52. The first-order chi connectivity index (χ1) is 11.9. The summed E-state index contributed by atoms with van der Waals surface area (Å²) in [6.45, 7) is 8.20. The van der Waals surface area contributed by atoms with Crippen molar-refractivity contribution in [2.24, 2.45) is 0 Å². The number of nitrogens with one attached hydrogen (secondary N) is 1. The molecule has 7 heteroatoms. The summed E-state index contributed by atoms with van der Waals surface area (Å²) in [4.78, 5) is 14.3. The molecule has 0 aliphatic carbocycles. The molecule has 0 aliphatic rings. The van der Waals surface area contributed by atoms with Gasteiger partial charge in [-0.05, 0) is 50.2 Å². The van der Waals surface area contributed by atoms with Gasteiger partial charge in [0.1, 0.15) is 0 Å². The van der Waals surface area contributed by atoms with E-state index >= 15 is 0 Å². The molecule has 0 heterocycles. The van der Waals surface area contributed by atoms with Crippen LogP contribution in [0.3, 0.4) is 0 Å². The Balaban J connectivity index is 2.56. The third-order valence-electron chi connectivity index (χ3n) is 4.14. The molecule has 0 saturated heterocycles. The molecule has 1 aromatic carbocycles. The van der Waals surface area contributed by atoms with Crippen LogP contribution in [-0.4, -0.2) is 70.1 Å². The van der Waals surface area contributed by atoms with E-state index in [0.29, 0.717) is 12.1 Å². The molecule has 0 fully saturated rings. The normalized spacial score (nSPS) is 12.6. The van der Waals surface area contributed by atoms with Crippen LogP contribution < -0.4 is 5.32 Å². The number of carbonyl (C=O) groups excluding carboxylic acids is 1. The minimum absolute atomic E-state index is 0.0392. The molecule has 1 rings (SSSR count). The lowest BCUT2D eigenvalue weighted by Gasteiger charge is -2.21. The molecule has 26 heavy (non-hydrogen) atoms. The Morgan fingerprint density at radius 2 is 1.62 bits per heavy atom. The van der Waals surface area contributed by atoms with E-state index in [1.807, 2.05) is 31.1 Å². The number of sulfonamides is 1. The average molecular weight is 384 g/mol. The molecule has 1 amide bonds. The molecule has 0 aliphatic heterocycles. The summed E-state index contributed by atoms with van der Waals surface area (Å²) < 4.78 is 25.2. The fraction of sp³-hybridized carbons (Fsp3) is 0.632. The van der Waals surface area contributed by atoms with E-state index in [0.717, 1.165) is 18.5 Å². The first kappa shape index (κ1) is 22.6. The first-order valence-corrected chi connectivity index (χ1v) is 10.7. The first-order valence-electron chi connectivity index (χ1n) is 8.90. The minimum atomic E-state index is -3.28. The summed E-state index contributed by atoms with van der Waals surface area (Å²) in [5.74, 6) is -0.188. The van der Waals surface area contributed by atoms with Crippen molar-refractivity contribution < 1.29 is 13.2 Å². The number of rotatable bonds is 9. The van der Waals surface area contributed by atoms with Gasteiger partial charge in [-0.2, -0.15) is 0 Å². The standard InChI is InChI=1S/C19H33N3O3S/c1-19(2,3)17-10-8-16(9-11-17)18(23)20-12-15-22(26(6,24)25)14-7-13-21(4)5/h8-11H,7,12-15H2,1-6H3,(H,20,23). The molecule has 0 atom stereocenters. The van der Waals surface area contributed by atoms with Gasteiger partial charge in [0.25, 0.3) is 5.91 Å². The number of amides is 1. The minimum Gasteiger partial charge on any atom is -0.351 e. The fourth-order valence-corrected chi connectivity index (χ4v) is 3.41. The lowest BCUT2D eigenvalue weighted by molar-refractivity contribution is 0.0951. The highest BCUT2D eigenvalue weighted by atomic mass is 32.2. The SMILES string of the molecule is CN(C)CCCN(CCNC(=O)c1ccc(C(C)(C)C)cc1)S(C)(=O)=O. The van der Waals surface area contributed by atoms with Gasteiger partial charge in [0, 0.05) is 25.2 Å². The topological polar surface area (TPSA) is 69.7 Å². The molecule has 0 bridgehead atoms. The summed E-state index contributed by atoms with van der Waals surface area (Å²) in [5, 5.41) is 2.80. The molecule has 0 saturated carbocycles. The Labute approximate surface area is 158 Å². The van der Waals surface area contributed by atoms with Crippen molar-refractivity contribution in [2.45, 2.75) is 32.6 Å². The summed E-state index contributed by atoms with van der Waals surface area (Å²) >= 11 is 0. The summed E-state index contributed by atoms with van der Waals surface area (Å²) in [6, 6.07) is 7.53. The molecule has 0 radical (unpaired) electrons. The van der Waals surface area contributed by atoms with E-state index in [2.05, 4.69) is 26.1 Å². The van der Waals surface area contributed by atoms with Gasteiger partial charge in [-0.15, -0.1) is 0 Å². The van der Waals surface area contributed by atoms with Crippen molar-refractivity contribution in [2.75, 3.05) is 46.5 Å². The highest BCUT2D eigenvalue weighted by Crippen LogP contribution is 2.22. The predicted octanol–water partition coefficient (Wildman–Crippen LogP) is 1.93. The van der Waals surface area contributed by atoms with Gasteiger partial charge in [0.05, 0.1) is 6.26 Å². The molecule has 1 aromatic rings. The van der Waals surface area contributed by atoms with Gasteiger partial charge in [0.2, 0.25) is 10.0 Å².